The van der Waals surface area contributed by atoms with Gasteiger partial charge >= 0.3 is 0 Å². The second-order valence-corrected chi connectivity index (χ2v) is 3.91. The molecule has 0 saturated carbocycles. The zero-order chi connectivity index (χ0) is 10.6. The largest absolute Gasteiger partial charge is 0.396 e. The molecule has 1 N–H and O–H groups in total. The van der Waals surface area contributed by atoms with Gasteiger partial charge in [-0.15, -0.1) is 0 Å². The molecule has 0 bridgehead atoms. The van der Waals surface area contributed by atoms with Gasteiger partial charge in [0.25, 0.3) is 0 Å². The minimum absolute atomic E-state index is 0.131. The standard InChI is InChI=1S/C10H9Cl3O/c11-8-5-7(3-1-2-4-14)6-9(12)10(8)13/h1,3,5-6,14H,2,4H2. The van der Waals surface area contributed by atoms with E-state index in [4.69, 9.17) is 39.9 Å². The molecule has 0 atom stereocenters. The average Bonchev–Trinajstić information content (AvgIpc) is 2.14. The quantitative estimate of drug-likeness (QED) is 0.804. The molecule has 0 spiro atoms. The van der Waals surface area contributed by atoms with Crippen LogP contribution in [0.1, 0.15) is 12.0 Å². The number of hydrogen-bond acceptors (Lipinski definition) is 1. The Kier molecular flexibility index (Phi) is 4.76. The van der Waals surface area contributed by atoms with E-state index in [9.17, 15) is 0 Å². The van der Waals surface area contributed by atoms with Crippen LogP contribution in [0, 0.1) is 0 Å². The van der Waals surface area contributed by atoms with E-state index in [1.807, 2.05) is 12.2 Å². The Labute approximate surface area is 97.9 Å². The van der Waals surface area contributed by atoms with Crippen molar-refractivity contribution in [3.63, 3.8) is 0 Å². The van der Waals surface area contributed by atoms with Crippen LogP contribution in [0.25, 0.3) is 6.08 Å². The molecule has 0 aliphatic rings. The monoisotopic (exact) mass is 250 g/mol. The van der Waals surface area contributed by atoms with Crippen molar-refractivity contribution in [2.24, 2.45) is 0 Å². The van der Waals surface area contributed by atoms with E-state index >= 15 is 0 Å². The lowest BCUT2D eigenvalue weighted by molar-refractivity contribution is 0.303. The van der Waals surface area contributed by atoms with Gasteiger partial charge in [-0.2, -0.15) is 0 Å². The van der Waals surface area contributed by atoms with Crippen LogP contribution in [-0.4, -0.2) is 11.7 Å². The van der Waals surface area contributed by atoms with Gasteiger partial charge in [-0.1, -0.05) is 47.0 Å². The molecule has 0 aromatic heterocycles. The number of aliphatic hydroxyl groups excluding tert-OH is 1. The SMILES string of the molecule is OCCC=Cc1cc(Cl)c(Cl)c(Cl)c1. The van der Waals surface area contributed by atoms with Gasteiger partial charge in [0.2, 0.25) is 0 Å². The molecule has 76 valence electrons. The van der Waals surface area contributed by atoms with Crippen LogP contribution in [0.15, 0.2) is 18.2 Å². The first-order chi connectivity index (χ1) is 6.65. The Hall–Kier alpha value is -0.210. The summed E-state index contributed by atoms with van der Waals surface area (Å²) in [7, 11) is 0. The summed E-state index contributed by atoms with van der Waals surface area (Å²) in [6.45, 7) is 0.131. The predicted molar refractivity (Wildman–Crippen MR) is 62.2 cm³/mol. The molecule has 0 heterocycles. The number of benzene rings is 1. The molecule has 1 nitrogen and oxygen atoms in total. The first kappa shape index (κ1) is 11.9. The van der Waals surface area contributed by atoms with Crippen LogP contribution in [0.2, 0.25) is 15.1 Å². The number of hydrogen-bond donors (Lipinski definition) is 1. The Morgan fingerprint density at radius 2 is 1.71 bits per heavy atom. The third kappa shape index (κ3) is 3.18. The Morgan fingerprint density at radius 3 is 2.21 bits per heavy atom. The Balaban J connectivity index is 2.89. The molecule has 0 fully saturated rings. The van der Waals surface area contributed by atoms with Gasteiger partial charge in [0.1, 0.15) is 0 Å². The highest BCUT2D eigenvalue weighted by molar-refractivity contribution is 6.48. The summed E-state index contributed by atoms with van der Waals surface area (Å²) in [5.41, 5.74) is 0.873. The molecule has 0 aliphatic carbocycles. The smallest absolute Gasteiger partial charge is 0.0778 e. The summed E-state index contributed by atoms with van der Waals surface area (Å²) in [5, 5.41) is 9.81. The van der Waals surface area contributed by atoms with Gasteiger partial charge in [-0.05, 0) is 24.1 Å². The van der Waals surface area contributed by atoms with Crippen molar-refractivity contribution >= 4 is 40.9 Å². The van der Waals surface area contributed by atoms with Crippen LogP contribution < -0.4 is 0 Å². The molecular weight excluding hydrogens is 242 g/mol. The molecule has 14 heavy (non-hydrogen) atoms. The summed E-state index contributed by atoms with van der Waals surface area (Å²) < 4.78 is 0. The molecule has 1 rings (SSSR count). The fraction of sp³-hybridized carbons (Fsp3) is 0.200. The van der Waals surface area contributed by atoms with Crippen LogP contribution in [-0.2, 0) is 0 Å². The van der Waals surface area contributed by atoms with Gasteiger partial charge in [0.05, 0.1) is 15.1 Å². The Morgan fingerprint density at radius 1 is 1.14 bits per heavy atom. The molecule has 0 unspecified atom stereocenters. The minimum atomic E-state index is 0.131. The van der Waals surface area contributed by atoms with Gasteiger partial charge in [0, 0.05) is 6.61 Å². The zero-order valence-electron chi connectivity index (χ0n) is 7.30. The molecule has 0 radical (unpaired) electrons. The highest BCUT2D eigenvalue weighted by Crippen LogP contribution is 2.31. The highest BCUT2D eigenvalue weighted by atomic mass is 35.5. The zero-order valence-corrected chi connectivity index (χ0v) is 9.57. The second-order valence-electron chi connectivity index (χ2n) is 2.71. The van der Waals surface area contributed by atoms with Crippen LogP contribution in [0.5, 0.6) is 0 Å². The van der Waals surface area contributed by atoms with E-state index in [0.717, 1.165) is 5.56 Å². The molecular formula is C10H9Cl3O. The van der Waals surface area contributed by atoms with Crippen molar-refractivity contribution in [2.45, 2.75) is 6.42 Å². The predicted octanol–water partition coefficient (Wildman–Crippen LogP) is 4.04. The van der Waals surface area contributed by atoms with E-state index in [1.165, 1.54) is 0 Å². The van der Waals surface area contributed by atoms with E-state index in [1.54, 1.807) is 12.1 Å². The maximum atomic E-state index is 8.57. The molecule has 4 heteroatoms. The van der Waals surface area contributed by atoms with Crippen molar-refractivity contribution in [2.75, 3.05) is 6.61 Å². The van der Waals surface area contributed by atoms with Gasteiger partial charge < -0.3 is 5.11 Å². The van der Waals surface area contributed by atoms with Crippen molar-refractivity contribution < 1.29 is 5.11 Å². The van der Waals surface area contributed by atoms with Crippen molar-refractivity contribution in [1.29, 1.82) is 0 Å². The van der Waals surface area contributed by atoms with E-state index in [-0.39, 0.29) is 6.61 Å². The normalized spacial score (nSPS) is 11.1. The lowest BCUT2D eigenvalue weighted by Gasteiger charge is -2.00. The number of aliphatic hydroxyl groups is 1. The summed E-state index contributed by atoms with van der Waals surface area (Å²) >= 11 is 17.4. The summed E-state index contributed by atoms with van der Waals surface area (Å²) in [4.78, 5) is 0. The molecule has 0 aliphatic heterocycles. The first-order valence-electron chi connectivity index (χ1n) is 4.07. The van der Waals surface area contributed by atoms with Crippen LogP contribution in [0.4, 0.5) is 0 Å². The van der Waals surface area contributed by atoms with Crippen LogP contribution in [0.3, 0.4) is 0 Å². The third-order valence-corrected chi connectivity index (χ3v) is 2.81. The third-order valence-electron chi connectivity index (χ3n) is 1.61. The van der Waals surface area contributed by atoms with Crippen LogP contribution >= 0.6 is 34.8 Å². The fourth-order valence-electron chi connectivity index (χ4n) is 0.965. The van der Waals surface area contributed by atoms with Crippen molar-refractivity contribution in [3.05, 3.63) is 38.8 Å². The van der Waals surface area contributed by atoms with E-state index in [0.29, 0.717) is 21.5 Å². The highest BCUT2D eigenvalue weighted by Gasteiger charge is 2.03. The Bertz CT molecular complexity index is 324. The fourth-order valence-corrected chi connectivity index (χ4v) is 1.58. The lowest BCUT2D eigenvalue weighted by atomic mass is 10.2. The number of rotatable bonds is 3. The van der Waals surface area contributed by atoms with E-state index < -0.39 is 0 Å². The average molecular weight is 252 g/mol. The summed E-state index contributed by atoms with van der Waals surface area (Å²) in [6, 6.07) is 3.45. The molecule has 1 aromatic carbocycles. The lowest BCUT2D eigenvalue weighted by Crippen LogP contribution is -1.78. The van der Waals surface area contributed by atoms with Gasteiger partial charge in [-0.3, -0.25) is 0 Å². The molecule has 0 saturated heterocycles. The topological polar surface area (TPSA) is 20.2 Å². The van der Waals surface area contributed by atoms with E-state index in [2.05, 4.69) is 0 Å². The van der Waals surface area contributed by atoms with Crippen molar-refractivity contribution in [3.8, 4) is 0 Å². The van der Waals surface area contributed by atoms with Gasteiger partial charge in [-0.25, -0.2) is 0 Å². The first-order valence-corrected chi connectivity index (χ1v) is 5.20. The van der Waals surface area contributed by atoms with Gasteiger partial charge in [0.15, 0.2) is 0 Å². The molecule has 1 aromatic rings. The molecule has 0 amide bonds. The second kappa shape index (κ2) is 5.62. The number of halogens is 3. The summed E-state index contributed by atoms with van der Waals surface area (Å²) in [5.74, 6) is 0. The maximum absolute atomic E-state index is 8.57. The van der Waals surface area contributed by atoms with Crippen molar-refractivity contribution in [1.82, 2.24) is 0 Å². The maximum Gasteiger partial charge on any atom is 0.0778 e. The minimum Gasteiger partial charge on any atom is -0.396 e. The summed E-state index contributed by atoms with van der Waals surface area (Å²) in [6.07, 6.45) is 4.29.